The maximum absolute atomic E-state index is 12.7. The topological polar surface area (TPSA) is 94.9 Å². The monoisotopic (exact) mass is 553 g/mol. The van der Waals surface area contributed by atoms with Gasteiger partial charge in [0.05, 0.1) is 11.9 Å². The van der Waals surface area contributed by atoms with Crippen LogP contribution in [0.3, 0.4) is 0 Å². The maximum Gasteiger partial charge on any atom is 0.246 e. The van der Waals surface area contributed by atoms with Crippen LogP contribution >= 0.6 is 24.0 Å². The number of carbonyl (C=O) groups excluding carboxylic acids is 2. The zero-order valence-corrected chi connectivity index (χ0v) is 21.4. The fraction of sp³-hybridized carbons (Fsp3) is 0.455. The highest BCUT2D eigenvalue weighted by molar-refractivity contribution is 14.0. The number of guanidine groups is 1. The first-order chi connectivity index (χ1) is 14.9. The first-order valence-corrected chi connectivity index (χ1v) is 10.6. The lowest BCUT2D eigenvalue weighted by molar-refractivity contribution is -0.120. The third kappa shape index (κ3) is 6.44. The van der Waals surface area contributed by atoms with E-state index in [1.54, 1.807) is 22.8 Å². The molecule has 9 nitrogen and oxygen atoms in total. The van der Waals surface area contributed by atoms with Gasteiger partial charge in [0.25, 0.3) is 0 Å². The van der Waals surface area contributed by atoms with Crippen molar-refractivity contribution >= 4 is 53.1 Å². The Hall–Kier alpha value is -2.63. The van der Waals surface area contributed by atoms with E-state index in [4.69, 9.17) is 0 Å². The number of benzene rings is 1. The second kappa shape index (κ2) is 11.8. The standard InChI is InChI=1S/C22H31N7O2.HI/c1-5-16(2)21(31)26-18-8-6-7-17(11-18)12-24-22(23-3)28-9-10-29(20(30)15-28)19-13-25-27(4)14-19;/h6-8,11,13-14,16H,5,9-10,12,15H2,1-4H3,(H,23,24)(H,26,31);1H. The van der Waals surface area contributed by atoms with Crippen molar-refractivity contribution < 1.29 is 9.59 Å². The van der Waals surface area contributed by atoms with E-state index >= 15 is 0 Å². The minimum absolute atomic E-state index is 0. The number of piperazine rings is 1. The summed E-state index contributed by atoms with van der Waals surface area (Å²) in [6.07, 6.45) is 4.34. The molecule has 174 valence electrons. The van der Waals surface area contributed by atoms with E-state index in [-0.39, 0.29) is 48.3 Å². The zero-order valence-electron chi connectivity index (χ0n) is 19.0. The van der Waals surface area contributed by atoms with Gasteiger partial charge >= 0.3 is 0 Å². The fourth-order valence-corrected chi connectivity index (χ4v) is 3.40. The van der Waals surface area contributed by atoms with E-state index in [9.17, 15) is 9.59 Å². The third-order valence-corrected chi connectivity index (χ3v) is 5.44. The molecule has 10 heteroatoms. The molecule has 2 N–H and O–H groups in total. The summed E-state index contributed by atoms with van der Waals surface area (Å²) in [6.45, 7) is 5.95. The molecule has 0 radical (unpaired) electrons. The Kier molecular flexibility index (Phi) is 9.48. The second-order valence-corrected chi connectivity index (χ2v) is 7.74. The van der Waals surface area contributed by atoms with E-state index in [2.05, 4.69) is 20.7 Å². The van der Waals surface area contributed by atoms with Gasteiger partial charge in [0, 0.05) is 51.5 Å². The molecule has 0 saturated carbocycles. The van der Waals surface area contributed by atoms with Gasteiger partial charge in [0.1, 0.15) is 6.54 Å². The molecule has 2 aromatic rings. The number of halogens is 1. The number of hydrogen-bond donors (Lipinski definition) is 2. The highest BCUT2D eigenvalue weighted by Gasteiger charge is 2.27. The highest BCUT2D eigenvalue weighted by atomic mass is 127. The summed E-state index contributed by atoms with van der Waals surface area (Å²) in [7, 11) is 3.55. The molecule has 0 spiro atoms. The number of nitrogens with one attached hydrogen (secondary N) is 2. The molecular weight excluding hydrogens is 521 g/mol. The molecule has 1 aromatic carbocycles. The van der Waals surface area contributed by atoms with E-state index in [0.29, 0.717) is 25.6 Å². The largest absolute Gasteiger partial charge is 0.352 e. The van der Waals surface area contributed by atoms with Crippen molar-refractivity contribution in [1.29, 1.82) is 0 Å². The van der Waals surface area contributed by atoms with Crippen molar-refractivity contribution in [2.24, 2.45) is 18.0 Å². The van der Waals surface area contributed by atoms with Crippen LogP contribution in [0.1, 0.15) is 25.8 Å². The number of aromatic nitrogens is 2. The van der Waals surface area contributed by atoms with E-state index in [1.807, 2.05) is 56.3 Å². The van der Waals surface area contributed by atoms with Gasteiger partial charge in [-0.3, -0.25) is 19.3 Å². The fourth-order valence-electron chi connectivity index (χ4n) is 3.40. The summed E-state index contributed by atoms with van der Waals surface area (Å²) in [4.78, 5) is 32.8. The number of aryl methyl sites for hydroxylation is 1. The number of nitrogens with zero attached hydrogens (tertiary/aromatic N) is 5. The molecule has 0 aliphatic carbocycles. The molecule has 1 unspecified atom stereocenters. The number of amides is 2. The van der Waals surface area contributed by atoms with Gasteiger partial charge in [-0.15, -0.1) is 24.0 Å². The predicted octanol–water partition coefficient (Wildman–Crippen LogP) is 2.45. The maximum atomic E-state index is 12.7. The molecule has 32 heavy (non-hydrogen) atoms. The Morgan fingerprint density at radius 1 is 1.31 bits per heavy atom. The van der Waals surface area contributed by atoms with Crippen LogP contribution in [0.4, 0.5) is 11.4 Å². The van der Waals surface area contributed by atoms with Crippen LogP contribution in [0, 0.1) is 5.92 Å². The lowest BCUT2D eigenvalue weighted by atomic mass is 10.1. The minimum atomic E-state index is -0.0246. The van der Waals surface area contributed by atoms with Crippen LogP contribution in [0.5, 0.6) is 0 Å². The molecular formula is C22H32IN7O2. The lowest BCUT2D eigenvalue weighted by Gasteiger charge is -2.35. The minimum Gasteiger partial charge on any atom is -0.352 e. The van der Waals surface area contributed by atoms with Gasteiger partial charge in [0.2, 0.25) is 11.8 Å². The number of anilines is 2. The molecule has 0 bridgehead atoms. The first kappa shape index (κ1) is 25.6. The number of rotatable bonds is 6. The summed E-state index contributed by atoms with van der Waals surface area (Å²) in [6, 6.07) is 7.74. The van der Waals surface area contributed by atoms with Crippen LogP contribution in [0.25, 0.3) is 0 Å². The van der Waals surface area contributed by atoms with Crippen molar-refractivity contribution in [3.63, 3.8) is 0 Å². The van der Waals surface area contributed by atoms with Crippen LogP contribution in [0.2, 0.25) is 0 Å². The Morgan fingerprint density at radius 3 is 2.72 bits per heavy atom. The lowest BCUT2D eigenvalue weighted by Crippen LogP contribution is -2.55. The van der Waals surface area contributed by atoms with E-state index in [0.717, 1.165) is 23.4 Å². The normalized spacial score (nSPS) is 15.2. The van der Waals surface area contributed by atoms with Gasteiger partial charge in [-0.2, -0.15) is 5.10 Å². The summed E-state index contributed by atoms with van der Waals surface area (Å²) in [5.41, 5.74) is 2.61. The molecule has 1 aliphatic rings. The van der Waals surface area contributed by atoms with Gasteiger partial charge in [-0.05, 0) is 24.1 Å². The third-order valence-electron chi connectivity index (χ3n) is 5.44. The smallest absolute Gasteiger partial charge is 0.246 e. The molecule has 1 aromatic heterocycles. The summed E-state index contributed by atoms with van der Waals surface area (Å²) < 4.78 is 1.69. The molecule has 2 heterocycles. The Morgan fingerprint density at radius 2 is 2.09 bits per heavy atom. The summed E-state index contributed by atoms with van der Waals surface area (Å²) in [5.74, 6) is 0.682. The van der Waals surface area contributed by atoms with Gasteiger partial charge in [-0.1, -0.05) is 26.0 Å². The Bertz CT molecular complexity index is 959. The van der Waals surface area contributed by atoms with Crippen LogP contribution in [-0.4, -0.2) is 59.1 Å². The Balaban J connectivity index is 0.00000363. The molecule has 1 saturated heterocycles. The van der Waals surface area contributed by atoms with Gasteiger partial charge in [0.15, 0.2) is 5.96 Å². The van der Waals surface area contributed by atoms with Crippen LogP contribution < -0.4 is 15.5 Å². The van der Waals surface area contributed by atoms with E-state index < -0.39 is 0 Å². The van der Waals surface area contributed by atoms with Crippen molar-refractivity contribution in [2.75, 3.05) is 36.9 Å². The highest BCUT2D eigenvalue weighted by Crippen LogP contribution is 2.17. The average Bonchev–Trinajstić information content (AvgIpc) is 3.19. The second-order valence-electron chi connectivity index (χ2n) is 7.74. The molecule has 2 amide bonds. The molecule has 3 rings (SSSR count). The quantitative estimate of drug-likeness (QED) is 0.326. The van der Waals surface area contributed by atoms with E-state index in [1.165, 1.54) is 0 Å². The summed E-state index contributed by atoms with van der Waals surface area (Å²) >= 11 is 0. The molecule has 1 aliphatic heterocycles. The van der Waals surface area contributed by atoms with Gasteiger partial charge in [-0.25, -0.2) is 0 Å². The average molecular weight is 553 g/mol. The molecule has 1 atom stereocenters. The SMILES string of the molecule is CCC(C)C(=O)Nc1cccc(CNC(=NC)N2CCN(c3cnn(C)c3)C(=O)C2)c1.I. The number of carbonyl (C=O) groups is 2. The van der Waals surface area contributed by atoms with Crippen molar-refractivity contribution in [3.8, 4) is 0 Å². The first-order valence-electron chi connectivity index (χ1n) is 10.6. The van der Waals surface area contributed by atoms with Crippen molar-refractivity contribution in [3.05, 3.63) is 42.2 Å². The van der Waals surface area contributed by atoms with Crippen LogP contribution in [-0.2, 0) is 23.2 Å². The Labute approximate surface area is 206 Å². The van der Waals surface area contributed by atoms with Gasteiger partial charge < -0.3 is 20.4 Å². The van der Waals surface area contributed by atoms with Crippen LogP contribution in [0.15, 0.2) is 41.7 Å². The number of aliphatic imine (C=N–C) groups is 1. The summed E-state index contributed by atoms with van der Waals surface area (Å²) in [5, 5.41) is 10.4. The molecule has 1 fully saturated rings. The predicted molar refractivity (Wildman–Crippen MR) is 137 cm³/mol. The number of hydrogen-bond acceptors (Lipinski definition) is 4. The van der Waals surface area contributed by atoms with Crippen molar-refractivity contribution in [1.82, 2.24) is 20.0 Å². The zero-order chi connectivity index (χ0) is 22.4. The van der Waals surface area contributed by atoms with Crippen molar-refractivity contribution in [2.45, 2.75) is 26.8 Å².